The summed E-state index contributed by atoms with van der Waals surface area (Å²) in [5.41, 5.74) is 5.89. The zero-order valence-electron chi connectivity index (χ0n) is 11.3. The van der Waals surface area contributed by atoms with Crippen molar-refractivity contribution in [2.24, 2.45) is 17.6 Å². The second kappa shape index (κ2) is 6.97. The number of hydrogen-bond donors (Lipinski definition) is 1. The van der Waals surface area contributed by atoms with Crippen LogP contribution in [0.4, 0.5) is 0 Å². The topological polar surface area (TPSA) is 55.6 Å². The highest BCUT2D eigenvalue weighted by molar-refractivity contribution is 5.76. The van der Waals surface area contributed by atoms with E-state index in [0.717, 1.165) is 25.9 Å². The molecule has 1 heterocycles. The van der Waals surface area contributed by atoms with Crippen LogP contribution in [-0.2, 0) is 9.53 Å². The molecular formula is C13H26N2O2. The van der Waals surface area contributed by atoms with Crippen molar-refractivity contribution in [2.45, 2.75) is 39.2 Å². The Morgan fingerprint density at radius 1 is 1.41 bits per heavy atom. The normalized spacial score (nSPS) is 21.3. The summed E-state index contributed by atoms with van der Waals surface area (Å²) in [5, 5.41) is 0. The van der Waals surface area contributed by atoms with Gasteiger partial charge >= 0.3 is 0 Å². The standard InChI is InChI=1S/C13H26N2O2/c1-10(9-17-3)8-13(16)15-6-4-12(5-7-15)11(2)14/h10-12H,4-9,14H2,1-3H3. The molecule has 1 rings (SSSR count). The Labute approximate surface area is 104 Å². The van der Waals surface area contributed by atoms with E-state index in [-0.39, 0.29) is 11.9 Å². The van der Waals surface area contributed by atoms with Gasteiger partial charge in [-0.25, -0.2) is 0 Å². The number of nitrogens with zero attached hydrogens (tertiary/aromatic N) is 1. The highest BCUT2D eigenvalue weighted by Gasteiger charge is 2.25. The van der Waals surface area contributed by atoms with Crippen LogP contribution < -0.4 is 5.73 Å². The molecule has 4 heteroatoms. The van der Waals surface area contributed by atoms with Crippen molar-refractivity contribution in [3.63, 3.8) is 0 Å². The Morgan fingerprint density at radius 3 is 2.47 bits per heavy atom. The van der Waals surface area contributed by atoms with E-state index < -0.39 is 0 Å². The van der Waals surface area contributed by atoms with E-state index in [2.05, 4.69) is 13.8 Å². The fourth-order valence-corrected chi connectivity index (χ4v) is 2.45. The number of amides is 1. The van der Waals surface area contributed by atoms with Gasteiger partial charge in [0.2, 0.25) is 5.91 Å². The molecule has 1 saturated heterocycles. The maximum Gasteiger partial charge on any atom is 0.222 e. The van der Waals surface area contributed by atoms with Crippen LogP contribution >= 0.6 is 0 Å². The molecular weight excluding hydrogens is 216 g/mol. The first kappa shape index (κ1) is 14.5. The zero-order valence-corrected chi connectivity index (χ0v) is 11.3. The summed E-state index contributed by atoms with van der Waals surface area (Å²) in [6.07, 6.45) is 2.68. The lowest BCUT2D eigenvalue weighted by atomic mass is 9.90. The van der Waals surface area contributed by atoms with Gasteiger partial charge in [-0.15, -0.1) is 0 Å². The van der Waals surface area contributed by atoms with Crippen molar-refractivity contribution < 1.29 is 9.53 Å². The minimum absolute atomic E-state index is 0.250. The Kier molecular flexibility index (Phi) is 5.92. The predicted molar refractivity (Wildman–Crippen MR) is 68.6 cm³/mol. The molecule has 0 aromatic carbocycles. The third-order valence-corrected chi connectivity index (χ3v) is 3.61. The van der Waals surface area contributed by atoms with Gasteiger partial charge in [0.25, 0.3) is 0 Å². The van der Waals surface area contributed by atoms with Gasteiger partial charge in [-0.1, -0.05) is 6.92 Å². The van der Waals surface area contributed by atoms with Gasteiger partial charge in [-0.05, 0) is 31.6 Å². The smallest absolute Gasteiger partial charge is 0.222 e. The summed E-state index contributed by atoms with van der Waals surface area (Å²) in [5.74, 6) is 1.15. The zero-order chi connectivity index (χ0) is 12.8. The minimum Gasteiger partial charge on any atom is -0.384 e. The average molecular weight is 242 g/mol. The lowest BCUT2D eigenvalue weighted by Crippen LogP contribution is -2.43. The number of rotatable bonds is 5. The monoisotopic (exact) mass is 242 g/mol. The molecule has 0 saturated carbocycles. The summed E-state index contributed by atoms with van der Waals surface area (Å²) in [7, 11) is 1.68. The maximum absolute atomic E-state index is 12.0. The number of methoxy groups -OCH3 is 1. The number of nitrogens with two attached hydrogens (primary N) is 1. The quantitative estimate of drug-likeness (QED) is 0.789. The summed E-state index contributed by atoms with van der Waals surface area (Å²) in [6.45, 7) is 6.50. The van der Waals surface area contributed by atoms with Gasteiger partial charge in [-0.2, -0.15) is 0 Å². The first-order valence-corrected chi connectivity index (χ1v) is 6.57. The van der Waals surface area contributed by atoms with Crippen molar-refractivity contribution in [2.75, 3.05) is 26.8 Å². The summed E-state index contributed by atoms with van der Waals surface area (Å²) in [6, 6.07) is 0.250. The highest BCUT2D eigenvalue weighted by atomic mass is 16.5. The molecule has 0 radical (unpaired) electrons. The molecule has 1 aliphatic heterocycles. The predicted octanol–water partition coefficient (Wildman–Crippen LogP) is 1.24. The molecule has 2 unspecified atom stereocenters. The molecule has 1 amide bonds. The molecule has 0 aromatic heterocycles. The molecule has 0 bridgehead atoms. The van der Waals surface area contributed by atoms with E-state index in [1.165, 1.54) is 0 Å². The maximum atomic E-state index is 12.0. The number of piperidine rings is 1. The Hall–Kier alpha value is -0.610. The number of likely N-dealkylation sites (tertiary alicyclic amines) is 1. The number of hydrogen-bond acceptors (Lipinski definition) is 3. The average Bonchev–Trinajstić information content (AvgIpc) is 2.29. The van der Waals surface area contributed by atoms with Crippen LogP contribution in [0.5, 0.6) is 0 Å². The van der Waals surface area contributed by atoms with E-state index in [1.54, 1.807) is 7.11 Å². The first-order chi connectivity index (χ1) is 8.04. The largest absolute Gasteiger partial charge is 0.384 e. The van der Waals surface area contributed by atoms with Crippen LogP contribution in [0.2, 0.25) is 0 Å². The van der Waals surface area contributed by atoms with Gasteiger partial charge in [0.15, 0.2) is 0 Å². The van der Waals surface area contributed by atoms with Gasteiger partial charge in [0.05, 0.1) is 0 Å². The second-order valence-electron chi connectivity index (χ2n) is 5.34. The van der Waals surface area contributed by atoms with E-state index in [9.17, 15) is 4.79 Å². The fraction of sp³-hybridized carbons (Fsp3) is 0.923. The van der Waals surface area contributed by atoms with Crippen LogP contribution in [0.25, 0.3) is 0 Å². The Bertz CT molecular complexity index is 236. The van der Waals surface area contributed by atoms with Gasteiger partial charge < -0.3 is 15.4 Å². The first-order valence-electron chi connectivity index (χ1n) is 6.57. The second-order valence-corrected chi connectivity index (χ2v) is 5.34. The third-order valence-electron chi connectivity index (χ3n) is 3.61. The lowest BCUT2D eigenvalue weighted by molar-refractivity contribution is -0.134. The summed E-state index contributed by atoms with van der Waals surface area (Å²) in [4.78, 5) is 14.0. The molecule has 17 heavy (non-hydrogen) atoms. The van der Waals surface area contributed by atoms with Crippen LogP contribution in [0, 0.1) is 11.8 Å². The molecule has 100 valence electrons. The number of ether oxygens (including phenoxy) is 1. The number of carbonyl (C=O) groups excluding carboxylic acids is 1. The lowest BCUT2D eigenvalue weighted by Gasteiger charge is -2.34. The van der Waals surface area contributed by atoms with Crippen molar-refractivity contribution in [1.82, 2.24) is 4.90 Å². The number of carbonyl (C=O) groups is 1. The van der Waals surface area contributed by atoms with Gasteiger partial charge in [0, 0.05) is 39.3 Å². The summed E-state index contributed by atoms with van der Waals surface area (Å²) < 4.78 is 5.05. The molecule has 0 aromatic rings. The van der Waals surface area contributed by atoms with Crippen molar-refractivity contribution in [3.8, 4) is 0 Å². The minimum atomic E-state index is 0.250. The fourth-order valence-electron chi connectivity index (χ4n) is 2.45. The van der Waals surface area contributed by atoms with E-state index in [0.29, 0.717) is 24.9 Å². The SMILES string of the molecule is COCC(C)CC(=O)N1CCC(C(C)N)CC1. The highest BCUT2D eigenvalue weighted by Crippen LogP contribution is 2.20. The van der Waals surface area contributed by atoms with E-state index in [1.807, 2.05) is 4.90 Å². The van der Waals surface area contributed by atoms with Crippen LogP contribution in [0.1, 0.15) is 33.1 Å². The van der Waals surface area contributed by atoms with E-state index in [4.69, 9.17) is 10.5 Å². The molecule has 1 fully saturated rings. The molecule has 0 spiro atoms. The van der Waals surface area contributed by atoms with Crippen LogP contribution in [0.3, 0.4) is 0 Å². The summed E-state index contributed by atoms with van der Waals surface area (Å²) >= 11 is 0. The molecule has 2 N–H and O–H groups in total. The Balaban J connectivity index is 2.30. The Morgan fingerprint density at radius 2 is 2.00 bits per heavy atom. The van der Waals surface area contributed by atoms with Crippen molar-refractivity contribution in [1.29, 1.82) is 0 Å². The van der Waals surface area contributed by atoms with Gasteiger partial charge in [0.1, 0.15) is 0 Å². The molecule has 4 nitrogen and oxygen atoms in total. The van der Waals surface area contributed by atoms with Gasteiger partial charge in [-0.3, -0.25) is 4.79 Å². The van der Waals surface area contributed by atoms with Crippen molar-refractivity contribution >= 4 is 5.91 Å². The van der Waals surface area contributed by atoms with Crippen LogP contribution in [-0.4, -0.2) is 43.7 Å². The third kappa shape index (κ3) is 4.64. The van der Waals surface area contributed by atoms with E-state index >= 15 is 0 Å². The van der Waals surface area contributed by atoms with Crippen molar-refractivity contribution in [3.05, 3.63) is 0 Å². The molecule has 1 aliphatic rings. The molecule has 0 aliphatic carbocycles. The van der Waals surface area contributed by atoms with Crippen LogP contribution in [0.15, 0.2) is 0 Å². The molecule has 2 atom stereocenters.